The van der Waals surface area contributed by atoms with Crippen LogP contribution in [0.25, 0.3) is 55.0 Å². The summed E-state index contributed by atoms with van der Waals surface area (Å²) in [7, 11) is 0. The number of thioether (sulfide) groups is 2. The molecule has 3 aromatic heterocycles. The normalized spacial score (nSPS) is 11.5. The molecule has 66 heavy (non-hydrogen) atoms. The first kappa shape index (κ1) is 50.9. The van der Waals surface area contributed by atoms with E-state index in [4.69, 9.17) is 62.4 Å². The van der Waals surface area contributed by atoms with Crippen LogP contribution in [0.5, 0.6) is 11.5 Å². The van der Waals surface area contributed by atoms with Crippen LogP contribution in [0.15, 0.2) is 60.7 Å². The Kier molecular flexibility index (Phi) is 21.6. The number of aryl methyl sites for hydroxylation is 2. The third-order valence-corrected chi connectivity index (χ3v) is 12.8. The van der Waals surface area contributed by atoms with Crippen LogP contribution in [-0.2, 0) is 38.0 Å². The molecule has 3 heterocycles. The fraction of sp³-hybridized carbons (Fsp3) is 0.435. The number of fused-ring (bicyclic) bond motifs is 2. The molecule has 0 aliphatic rings. The number of rotatable bonds is 33. The molecule has 0 atom stereocenters. The molecule has 0 radical (unpaired) electrons. The molecule has 354 valence electrons. The second kappa shape index (κ2) is 28.0. The van der Waals surface area contributed by atoms with Gasteiger partial charge in [-0.25, -0.2) is 9.97 Å². The van der Waals surface area contributed by atoms with Crippen LogP contribution in [0.1, 0.15) is 10.4 Å². The molecule has 0 saturated heterocycles. The number of hydrogen-bond acceptors (Lipinski definition) is 18. The largest absolute Gasteiger partial charge is 0.491 e. The van der Waals surface area contributed by atoms with E-state index in [1.54, 1.807) is 11.3 Å². The number of nitrogens with zero attached hydrogens (tertiary/aromatic N) is 4. The summed E-state index contributed by atoms with van der Waals surface area (Å²) in [6.07, 6.45) is 0. The van der Waals surface area contributed by atoms with E-state index in [1.807, 2.05) is 55.5 Å². The Balaban J connectivity index is 1.05. The third-order valence-electron chi connectivity index (χ3n) is 9.49. The number of thiophene rings is 1. The third kappa shape index (κ3) is 16.1. The lowest BCUT2D eigenvalue weighted by Crippen LogP contribution is -2.13. The fourth-order valence-corrected chi connectivity index (χ4v) is 9.02. The van der Waals surface area contributed by atoms with Gasteiger partial charge >= 0.3 is 11.9 Å². The summed E-state index contributed by atoms with van der Waals surface area (Å²) >= 11 is 5.53. The summed E-state index contributed by atoms with van der Waals surface area (Å²) < 4.78 is 54.8. The van der Waals surface area contributed by atoms with E-state index in [0.717, 1.165) is 49.2 Å². The quantitative estimate of drug-likeness (QED) is 0.0378. The molecule has 2 N–H and O–H groups in total. The van der Waals surface area contributed by atoms with E-state index in [-0.39, 0.29) is 11.5 Å². The van der Waals surface area contributed by atoms with Gasteiger partial charge in [-0.15, -0.1) is 34.9 Å². The molecule has 3 aromatic carbocycles. The van der Waals surface area contributed by atoms with Gasteiger partial charge in [0.25, 0.3) is 0 Å². The molecule has 0 spiro atoms. The van der Waals surface area contributed by atoms with E-state index >= 15 is 0 Å². The van der Waals surface area contributed by atoms with Gasteiger partial charge in [0.2, 0.25) is 0 Å². The van der Waals surface area contributed by atoms with Gasteiger partial charge in [0.15, 0.2) is 0 Å². The average Bonchev–Trinajstić information content (AvgIpc) is 3.99. The first-order chi connectivity index (χ1) is 32.3. The molecule has 0 bridgehead atoms. The maximum atomic E-state index is 10.6. The Labute approximate surface area is 400 Å². The maximum Gasteiger partial charge on any atom is 0.313 e. The molecule has 20 heteroatoms. The predicted molar refractivity (Wildman–Crippen MR) is 260 cm³/mol. The fourth-order valence-electron chi connectivity index (χ4n) is 6.39. The van der Waals surface area contributed by atoms with E-state index in [2.05, 4.69) is 23.4 Å². The molecular formula is C46H54N4O12S4. The van der Waals surface area contributed by atoms with Crippen LogP contribution in [0.3, 0.4) is 0 Å². The highest BCUT2D eigenvalue weighted by molar-refractivity contribution is 8.00. The molecule has 16 nitrogen and oxygen atoms in total. The lowest BCUT2D eigenvalue weighted by atomic mass is 10.00. The number of ether oxygens (including phenoxy) is 8. The van der Waals surface area contributed by atoms with E-state index in [1.165, 1.54) is 40.1 Å². The number of hydrogen-bond donors (Lipinski definition) is 2. The van der Waals surface area contributed by atoms with Crippen molar-refractivity contribution < 1.29 is 57.7 Å². The minimum atomic E-state index is -0.825. The van der Waals surface area contributed by atoms with E-state index < -0.39 is 11.9 Å². The molecule has 6 rings (SSSR count). The minimum absolute atomic E-state index is 0.0765. The van der Waals surface area contributed by atoms with Crippen molar-refractivity contribution in [3.63, 3.8) is 0 Å². The maximum absolute atomic E-state index is 10.6. The van der Waals surface area contributed by atoms with Gasteiger partial charge in [-0.05, 0) is 74.5 Å². The minimum Gasteiger partial charge on any atom is -0.491 e. The number of carboxylic acid groups (broad SMARTS) is 2. The summed E-state index contributed by atoms with van der Waals surface area (Å²) in [5, 5.41) is 17.3. The van der Waals surface area contributed by atoms with Crippen LogP contribution >= 0.6 is 46.6 Å². The predicted octanol–water partition coefficient (Wildman–Crippen LogP) is 7.81. The van der Waals surface area contributed by atoms with Crippen molar-refractivity contribution >= 4 is 80.6 Å². The Morgan fingerprint density at radius 2 is 0.939 bits per heavy atom. The van der Waals surface area contributed by atoms with Crippen molar-refractivity contribution in [2.75, 3.05) is 116 Å². The van der Waals surface area contributed by atoms with Crippen molar-refractivity contribution in [1.82, 2.24) is 18.7 Å². The van der Waals surface area contributed by atoms with Gasteiger partial charge in [-0.2, -0.15) is 8.75 Å². The Morgan fingerprint density at radius 3 is 1.38 bits per heavy atom. The monoisotopic (exact) mass is 982 g/mol. The van der Waals surface area contributed by atoms with Crippen LogP contribution in [0.4, 0.5) is 0 Å². The van der Waals surface area contributed by atoms with Crippen molar-refractivity contribution in [3.05, 3.63) is 71.1 Å². The number of aromatic nitrogens is 4. The number of aliphatic carboxylic acids is 2. The molecule has 0 unspecified atom stereocenters. The number of carboxylic acids is 2. The van der Waals surface area contributed by atoms with Gasteiger partial charge in [-0.1, -0.05) is 0 Å². The van der Waals surface area contributed by atoms with Gasteiger partial charge in [0.05, 0.1) is 119 Å². The van der Waals surface area contributed by atoms with Gasteiger partial charge < -0.3 is 48.1 Å². The zero-order valence-electron chi connectivity index (χ0n) is 36.9. The lowest BCUT2D eigenvalue weighted by Gasteiger charge is -2.15. The molecule has 0 aliphatic heterocycles. The van der Waals surface area contributed by atoms with Crippen molar-refractivity contribution in [2.24, 2.45) is 0 Å². The highest BCUT2D eigenvalue weighted by Gasteiger charge is 2.23. The standard InChI is InChI=1S/C46H54N4O12S4/c1-31-3-12-37(65-31)40-45-41(32(2)42-46(40)50-66-49-42)47-43(33-4-8-35(9-5-33)61-23-21-57-15-13-55-17-19-59-25-27-63-29-38(51)52)44(48-45)34-6-10-36(11-7-34)62-24-22-58-16-14-56-18-20-60-26-28-64-30-39(53)54/h3-12H,13-30H2,1-2H3,(H,51,52)(H,53,54). The molecular weight excluding hydrogens is 929 g/mol. The first-order valence-electron chi connectivity index (χ1n) is 21.3. The molecule has 6 aromatic rings. The zero-order chi connectivity index (χ0) is 46.4. The van der Waals surface area contributed by atoms with Crippen LogP contribution in [0.2, 0.25) is 0 Å². The number of benzene rings is 3. The lowest BCUT2D eigenvalue weighted by molar-refractivity contribution is -0.134. The van der Waals surface area contributed by atoms with Crippen LogP contribution in [0, 0.1) is 13.8 Å². The van der Waals surface area contributed by atoms with Gasteiger partial charge in [0, 0.05) is 43.5 Å². The topological polar surface area (TPSA) is 200 Å². The van der Waals surface area contributed by atoms with E-state index in [0.29, 0.717) is 127 Å². The Morgan fingerprint density at radius 1 is 0.515 bits per heavy atom. The molecule has 0 amide bonds. The SMILES string of the molecule is Cc1ccc(-c2c3nsnc3c(C)c3nc(-c4ccc(OCCOCCOCCOCCSCC(=O)O)cc4)c(-c4ccc(OCCOCCOCCOCCSCC(=O)O)cc4)nc23)s1. The number of carbonyl (C=O) groups is 2. The van der Waals surface area contributed by atoms with Gasteiger partial charge in [0.1, 0.15) is 41.3 Å². The first-order valence-corrected chi connectivity index (χ1v) is 25.2. The van der Waals surface area contributed by atoms with Crippen molar-refractivity contribution in [2.45, 2.75) is 13.8 Å². The van der Waals surface area contributed by atoms with Crippen LogP contribution in [-0.4, -0.2) is 156 Å². The molecule has 0 aliphatic carbocycles. The highest BCUT2D eigenvalue weighted by Crippen LogP contribution is 2.42. The van der Waals surface area contributed by atoms with Gasteiger partial charge in [-0.3, -0.25) is 9.59 Å². The second-order valence-electron chi connectivity index (χ2n) is 14.3. The second-order valence-corrected chi connectivity index (χ2v) is 18.3. The summed E-state index contributed by atoms with van der Waals surface area (Å²) in [6.45, 7) is 10.1. The summed E-state index contributed by atoms with van der Waals surface area (Å²) in [5.41, 5.74) is 8.16. The van der Waals surface area contributed by atoms with Crippen molar-refractivity contribution in [3.8, 4) is 44.5 Å². The molecule has 0 saturated carbocycles. The van der Waals surface area contributed by atoms with Crippen molar-refractivity contribution in [1.29, 1.82) is 0 Å². The Hall–Kier alpha value is -4.48. The highest BCUT2D eigenvalue weighted by atomic mass is 32.2. The Bertz CT molecular complexity index is 2420. The summed E-state index contributed by atoms with van der Waals surface area (Å²) in [5.74, 6) is 1.15. The summed E-state index contributed by atoms with van der Waals surface area (Å²) in [4.78, 5) is 34.1. The van der Waals surface area contributed by atoms with E-state index in [9.17, 15) is 9.59 Å². The summed E-state index contributed by atoms with van der Waals surface area (Å²) in [6, 6.07) is 19.9. The van der Waals surface area contributed by atoms with Crippen LogP contribution < -0.4 is 9.47 Å². The zero-order valence-corrected chi connectivity index (χ0v) is 40.2. The molecule has 0 fully saturated rings. The smallest absolute Gasteiger partial charge is 0.313 e. The average molecular weight is 983 g/mol.